The third kappa shape index (κ3) is 3.83. The molecule has 34 heavy (non-hydrogen) atoms. The molecular formula is C20H18F5N7OS. The number of carbonyl (C=O) groups excluding carboxylic acids is 1. The van der Waals surface area contributed by atoms with Crippen LogP contribution >= 0.6 is 11.3 Å². The van der Waals surface area contributed by atoms with Gasteiger partial charge in [0.15, 0.2) is 5.82 Å². The van der Waals surface area contributed by atoms with Gasteiger partial charge in [0, 0.05) is 25.2 Å². The zero-order valence-electron chi connectivity index (χ0n) is 18.2. The summed E-state index contributed by atoms with van der Waals surface area (Å²) in [7, 11) is 1.21. The topological polar surface area (TPSA) is 92.6 Å². The van der Waals surface area contributed by atoms with E-state index in [0.29, 0.717) is 11.4 Å². The Bertz CT molecular complexity index is 1300. The molecule has 1 amide bonds. The quantitative estimate of drug-likeness (QED) is 0.475. The van der Waals surface area contributed by atoms with Crippen LogP contribution in [0.4, 0.5) is 22.0 Å². The first-order valence-electron chi connectivity index (χ1n) is 10.2. The second-order valence-corrected chi connectivity index (χ2v) is 8.88. The molecular weight excluding hydrogens is 481 g/mol. The number of aryl methyl sites for hydroxylation is 1. The smallest absolute Gasteiger partial charge is 0.336 e. The Kier molecular flexibility index (Phi) is 5.71. The van der Waals surface area contributed by atoms with Gasteiger partial charge in [-0.05, 0) is 32.8 Å². The molecule has 0 bridgehead atoms. The number of rotatable bonds is 6. The Balaban J connectivity index is 1.70. The lowest BCUT2D eigenvalue weighted by Gasteiger charge is -2.19. The van der Waals surface area contributed by atoms with Crippen molar-refractivity contribution in [3.63, 3.8) is 0 Å². The van der Waals surface area contributed by atoms with E-state index in [2.05, 4.69) is 15.4 Å². The van der Waals surface area contributed by atoms with Gasteiger partial charge in [-0.2, -0.15) is 32.3 Å². The highest BCUT2D eigenvalue weighted by atomic mass is 32.1. The molecule has 180 valence electrons. The fourth-order valence-electron chi connectivity index (χ4n) is 3.72. The van der Waals surface area contributed by atoms with Crippen molar-refractivity contribution >= 4 is 17.2 Å². The van der Waals surface area contributed by atoms with Gasteiger partial charge >= 0.3 is 12.1 Å². The largest absolute Gasteiger partial charge is 0.459 e. The standard InChI is InChI=1S/C20H18F5N7OS/c1-4-31(11-5-6-11)18(33)12-7-14(34-15(12)8-26)13-9-32(29-27-13)17-10(2)16(28-30(17)3)19(21,22)20(23,24)25/h7,9,11H,4-6H2,1-3H3. The summed E-state index contributed by atoms with van der Waals surface area (Å²) in [6.07, 6.45) is -2.67. The van der Waals surface area contributed by atoms with Crippen molar-refractivity contribution in [3.05, 3.63) is 34.0 Å². The van der Waals surface area contributed by atoms with Crippen LogP contribution in [0.2, 0.25) is 0 Å². The predicted molar refractivity (Wildman–Crippen MR) is 111 cm³/mol. The van der Waals surface area contributed by atoms with Crippen LogP contribution in [0.25, 0.3) is 16.4 Å². The molecule has 0 atom stereocenters. The van der Waals surface area contributed by atoms with Gasteiger partial charge in [-0.15, -0.1) is 16.4 Å². The Labute approximate surface area is 194 Å². The van der Waals surface area contributed by atoms with Gasteiger partial charge < -0.3 is 4.90 Å². The maximum absolute atomic E-state index is 13.9. The lowest BCUT2D eigenvalue weighted by molar-refractivity contribution is -0.291. The maximum atomic E-state index is 13.9. The van der Waals surface area contributed by atoms with Crippen LogP contribution in [-0.2, 0) is 13.0 Å². The van der Waals surface area contributed by atoms with Gasteiger partial charge in [0.1, 0.15) is 22.3 Å². The minimum Gasteiger partial charge on any atom is -0.336 e. The molecule has 0 spiro atoms. The van der Waals surface area contributed by atoms with Crippen LogP contribution < -0.4 is 0 Å². The summed E-state index contributed by atoms with van der Waals surface area (Å²) in [6.45, 7) is 3.44. The minimum atomic E-state index is -5.81. The van der Waals surface area contributed by atoms with Crippen LogP contribution in [0.3, 0.4) is 0 Å². The van der Waals surface area contributed by atoms with Gasteiger partial charge in [0.2, 0.25) is 0 Å². The average Bonchev–Trinajstić information content (AvgIpc) is 3.19. The van der Waals surface area contributed by atoms with Gasteiger partial charge in [-0.25, -0.2) is 4.68 Å². The SMILES string of the molecule is CCN(C(=O)c1cc(-c2cn(-c3c(C)c(C(F)(F)C(F)(F)F)nn3C)nn2)sc1C#N)C1CC1. The van der Waals surface area contributed by atoms with Crippen molar-refractivity contribution in [1.29, 1.82) is 5.26 Å². The summed E-state index contributed by atoms with van der Waals surface area (Å²) in [4.78, 5) is 15.3. The second-order valence-electron chi connectivity index (χ2n) is 7.83. The molecule has 0 aromatic carbocycles. The molecule has 4 rings (SSSR count). The van der Waals surface area contributed by atoms with E-state index in [0.717, 1.165) is 40.5 Å². The highest BCUT2D eigenvalue weighted by Crippen LogP contribution is 2.45. The summed E-state index contributed by atoms with van der Waals surface area (Å²) in [5.74, 6) is -5.54. The van der Waals surface area contributed by atoms with E-state index < -0.39 is 23.4 Å². The fraction of sp³-hybridized carbons (Fsp3) is 0.450. The van der Waals surface area contributed by atoms with Gasteiger partial charge in [-0.3, -0.25) is 9.48 Å². The van der Waals surface area contributed by atoms with Crippen LogP contribution in [0.1, 0.15) is 46.3 Å². The molecule has 0 unspecified atom stereocenters. The van der Waals surface area contributed by atoms with Crippen LogP contribution in [0.5, 0.6) is 0 Å². The molecule has 14 heteroatoms. The third-order valence-electron chi connectivity index (χ3n) is 5.52. The number of alkyl halides is 5. The van der Waals surface area contributed by atoms with E-state index >= 15 is 0 Å². The average molecular weight is 499 g/mol. The fourth-order valence-corrected chi connectivity index (χ4v) is 4.62. The number of halogens is 5. The zero-order valence-corrected chi connectivity index (χ0v) is 19.0. The van der Waals surface area contributed by atoms with Crippen LogP contribution in [-0.4, -0.2) is 54.3 Å². The molecule has 0 saturated heterocycles. The number of hydrogen-bond donors (Lipinski definition) is 0. The first kappa shape index (κ1) is 23.8. The van der Waals surface area contributed by atoms with E-state index in [1.165, 1.54) is 19.3 Å². The maximum Gasteiger partial charge on any atom is 0.459 e. The molecule has 1 aliphatic carbocycles. The van der Waals surface area contributed by atoms with E-state index in [9.17, 15) is 32.0 Å². The van der Waals surface area contributed by atoms with E-state index in [4.69, 9.17) is 0 Å². The van der Waals surface area contributed by atoms with E-state index in [1.54, 1.807) is 4.90 Å². The summed E-state index contributed by atoms with van der Waals surface area (Å²) in [6, 6.07) is 3.68. The molecule has 3 aromatic heterocycles. The van der Waals surface area contributed by atoms with Crippen LogP contribution in [0.15, 0.2) is 12.3 Å². The predicted octanol–water partition coefficient (Wildman–Crippen LogP) is 4.19. The molecule has 0 aliphatic heterocycles. The number of nitriles is 1. The van der Waals surface area contributed by atoms with Gasteiger partial charge in [0.05, 0.1) is 16.6 Å². The van der Waals surface area contributed by atoms with E-state index in [1.807, 2.05) is 13.0 Å². The highest BCUT2D eigenvalue weighted by molar-refractivity contribution is 7.16. The number of nitrogens with zero attached hydrogens (tertiary/aromatic N) is 7. The highest BCUT2D eigenvalue weighted by Gasteiger charge is 2.61. The molecule has 1 aliphatic rings. The Morgan fingerprint density at radius 3 is 2.56 bits per heavy atom. The third-order valence-corrected chi connectivity index (χ3v) is 6.58. The normalized spacial score (nSPS) is 14.3. The van der Waals surface area contributed by atoms with Crippen molar-refractivity contribution in [3.8, 4) is 22.5 Å². The number of aromatic nitrogens is 5. The monoisotopic (exact) mass is 499 g/mol. The first-order valence-corrected chi connectivity index (χ1v) is 11.0. The van der Waals surface area contributed by atoms with Gasteiger partial charge in [0.25, 0.3) is 5.91 Å². The molecule has 0 radical (unpaired) electrons. The minimum absolute atomic E-state index is 0.128. The second kappa shape index (κ2) is 8.15. The lowest BCUT2D eigenvalue weighted by Crippen LogP contribution is -2.34. The van der Waals surface area contributed by atoms with Crippen molar-refractivity contribution in [2.75, 3.05) is 6.54 Å². The summed E-state index contributed by atoms with van der Waals surface area (Å²) >= 11 is 1.02. The molecule has 3 aromatic rings. The number of thiophene rings is 1. The van der Waals surface area contributed by atoms with Crippen molar-refractivity contribution in [1.82, 2.24) is 29.7 Å². The molecule has 8 nitrogen and oxygen atoms in total. The van der Waals surface area contributed by atoms with Crippen molar-refractivity contribution in [2.45, 2.75) is 44.8 Å². The van der Waals surface area contributed by atoms with Crippen LogP contribution in [0, 0.1) is 18.3 Å². The molecule has 1 fully saturated rings. The molecule has 3 heterocycles. The summed E-state index contributed by atoms with van der Waals surface area (Å²) in [5, 5.41) is 20.7. The molecule has 1 saturated carbocycles. The van der Waals surface area contributed by atoms with Crippen molar-refractivity contribution < 1.29 is 26.7 Å². The Hall–Kier alpha value is -3.34. The first-order chi connectivity index (χ1) is 15.9. The Morgan fingerprint density at radius 1 is 1.32 bits per heavy atom. The van der Waals surface area contributed by atoms with Crippen molar-refractivity contribution in [2.24, 2.45) is 7.05 Å². The summed E-state index contributed by atoms with van der Waals surface area (Å²) < 4.78 is 68.3. The lowest BCUT2D eigenvalue weighted by atomic mass is 10.1. The van der Waals surface area contributed by atoms with E-state index in [-0.39, 0.29) is 33.9 Å². The van der Waals surface area contributed by atoms with Gasteiger partial charge in [-0.1, -0.05) is 5.21 Å². The number of hydrogen-bond acceptors (Lipinski definition) is 6. The number of amides is 1. The zero-order chi connectivity index (χ0) is 25.0. The number of carbonyl (C=O) groups is 1. The Morgan fingerprint density at radius 2 is 2.00 bits per heavy atom. The summed E-state index contributed by atoms with van der Waals surface area (Å²) in [5.41, 5.74) is -1.39. The molecule has 0 N–H and O–H groups in total.